The van der Waals surface area contributed by atoms with E-state index in [-0.39, 0.29) is 0 Å². The molecule has 0 N–H and O–H groups in total. The summed E-state index contributed by atoms with van der Waals surface area (Å²) in [5, 5.41) is 15.7. The zero-order valence-corrected chi connectivity index (χ0v) is 23.2. The summed E-state index contributed by atoms with van der Waals surface area (Å²) >= 11 is 1.87. The van der Waals surface area contributed by atoms with Gasteiger partial charge in [0.25, 0.3) is 0 Å². The third-order valence-corrected chi connectivity index (χ3v) is 9.15. The van der Waals surface area contributed by atoms with Crippen LogP contribution >= 0.6 is 11.3 Å². The fourth-order valence-electron chi connectivity index (χ4n) is 6.15. The number of hydrogen-bond donors (Lipinski definition) is 0. The van der Waals surface area contributed by atoms with Crippen molar-refractivity contribution in [2.75, 3.05) is 0 Å². The molecule has 0 amide bonds. The molecule has 0 bridgehead atoms. The highest BCUT2D eigenvalue weighted by atomic mass is 32.1. The van der Waals surface area contributed by atoms with E-state index in [1.54, 1.807) is 0 Å². The third-order valence-electron chi connectivity index (χ3n) is 7.93. The topological polar surface area (TPSA) is 30.2 Å². The number of benzene rings is 5. The van der Waals surface area contributed by atoms with E-state index in [9.17, 15) is 0 Å². The van der Waals surface area contributed by atoms with E-state index in [0.717, 1.165) is 34.4 Å². The van der Waals surface area contributed by atoms with Gasteiger partial charge in [-0.15, -0.1) is 21.5 Å². The molecule has 0 radical (unpaired) electrons. The van der Waals surface area contributed by atoms with Gasteiger partial charge in [0, 0.05) is 36.5 Å². The predicted octanol–water partition coefficient (Wildman–Crippen LogP) is 9.94. The third kappa shape index (κ3) is 3.56. The second kappa shape index (κ2) is 9.00. The van der Waals surface area contributed by atoms with Crippen LogP contribution in [0.15, 0.2) is 109 Å². The van der Waals surface area contributed by atoms with Gasteiger partial charge in [0.05, 0.1) is 5.52 Å². The molecule has 0 aliphatic rings. The lowest BCUT2D eigenvalue weighted by Crippen LogP contribution is -1.97. The number of rotatable bonds is 4. The average Bonchev–Trinajstić information content (AvgIpc) is 3.60. The van der Waals surface area contributed by atoms with E-state index < -0.39 is 0 Å². The van der Waals surface area contributed by atoms with Crippen molar-refractivity contribution in [3.05, 3.63) is 115 Å². The van der Waals surface area contributed by atoms with Crippen LogP contribution in [0, 0.1) is 5.92 Å². The molecule has 4 heteroatoms. The van der Waals surface area contributed by atoms with Gasteiger partial charge >= 0.3 is 0 Å². The van der Waals surface area contributed by atoms with Crippen LogP contribution in [0.1, 0.15) is 19.4 Å². The van der Waals surface area contributed by atoms with E-state index in [1.807, 2.05) is 11.3 Å². The fourth-order valence-corrected chi connectivity index (χ4v) is 7.39. The number of pyridine rings is 1. The summed E-state index contributed by atoms with van der Waals surface area (Å²) < 4.78 is 4.89. The van der Waals surface area contributed by atoms with E-state index in [0.29, 0.717) is 5.92 Å². The zero-order valence-electron chi connectivity index (χ0n) is 22.4. The number of thiophene rings is 1. The normalized spacial score (nSPS) is 12.1. The van der Waals surface area contributed by atoms with Gasteiger partial charge in [0.1, 0.15) is 0 Å². The summed E-state index contributed by atoms with van der Waals surface area (Å²) in [7, 11) is 0. The van der Waals surface area contributed by atoms with Crippen molar-refractivity contribution in [2.24, 2.45) is 5.92 Å². The molecule has 3 heterocycles. The minimum Gasteiger partial charge on any atom is -0.274 e. The molecule has 8 aromatic rings. The Bertz CT molecular complexity index is 2220. The van der Waals surface area contributed by atoms with Crippen LogP contribution < -0.4 is 0 Å². The van der Waals surface area contributed by atoms with Crippen LogP contribution in [0.25, 0.3) is 70.0 Å². The Hall–Kier alpha value is -4.54. The Kier molecular flexibility index (Phi) is 5.26. The summed E-state index contributed by atoms with van der Waals surface area (Å²) in [6.45, 7) is 4.54. The second-order valence-corrected chi connectivity index (χ2v) is 12.1. The summed E-state index contributed by atoms with van der Waals surface area (Å²) in [4.78, 5) is 0. The molecule has 3 nitrogen and oxygen atoms in total. The lowest BCUT2D eigenvalue weighted by Gasteiger charge is -2.12. The summed E-state index contributed by atoms with van der Waals surface area (Å²) in [6.07, 6.45) is 1.06. The van der Waals surface area contributed by atoms with Crippen molar-refractivity contribution < 1.29 is 0 Å². The highest BCUT2D eigenvalue weighted by molar-refractivity contribution is 7.26. The van der Waals surface area contributed by atoms with E-state index >= 15 is 0 Å². The summed E-state index contributed by atoms with van der Waals surface area (Å²) in [5.74, 6) is 1.48. The number of fused-ring (bicyclic) bond motifs is 9. The van der Waals surface area contributed by atoms with Gasteiger partial charge in [0.2, 0.25) is 0 Å². The largest absolute Gasteiger partial charge is 0.274 e. The van der Waals surface area contributed by atoms with Gasteiger partial charge in [-0.05, 0) is 52.6 Å². The predicted molar refractivity (Wildman–Crippen MR) is 170 cm³/mol. The Labute approximate surface area is 236 Å². The van der Waals surface area contributed by atoms with Crippen molar-refractivity contribution in [3.8, 4) is 22.5 Å². The first-order valence-electron chi connectivity index (χ1n) is 13.9. The molecule has 0 unspecified atom stereocenters. The van der Waals surface area contributed by atoms with Crippen molar-refractivity contribution in [3.63, 3.8) is 0 Å². The van der Waals surface area contributed by atoms with Gasteiger partial charge < -0.3 is 0 Å². The highest BCUT2D eigenvalue weighted by Crippen LogP contribution is 2.40. The van der Waals surface area contributed by atoms with Gasteiger partial charge in [-0.1, -0.05) is 105 Å². The highest BCUT2D eigenvalue weighted by Gasteiger charge is 2.17. The molecule has 0 atom stereocenters. The molecule has 0 saturated carbocycles. The van der Waals surface area contributed by atoms with Gasteiger partial charge in [-0.25, -0.2) is 0 Å². The molecule has 0 aliphatic heterocycles. The van der Waals surface area contributed by atoms with Crippen molar-refractivity contribution in [1.29, 1.82) is 0 Å². The molecule has 0 spiro atoms. The van der Waals surface area contributed by atoms with Gasteiger partial charge in [0.15, 0.2) is 11.5 Å². The molecular formula is C36H27N3S. The quantitative estimate of drug-likeness (QED) is 0.211. The minimum atomic E-state index is 0.606. The molecule has 0 saturated heterocycles. The molecule has 192 valence electrons. The molecule has 0 aliphatic carbocycles. The Balaban J connectivity index is 1.30. The second-order valence-electron chi connectivity index (χ2n) is 11.0. The molecule has 5 aromatic carbocycles. The van der Waals surface area contributed by atoms with Gasteiger partial charge in [-0.3, -0.25) is 4.40 Å². The van der Waals surface area contributed by atoms with Gasteiger partial charge in [-0.2, -0.15) is 0 Å². The summed E-state index contributed by atoms with van der Waals surface area (Å²) in [6, 6.07) is 39.5. The molecule has 8 rings (SSSR count). The Morgan fingerprint density at radius 2 is 1.38 bits per heavy atom. The van der Waals surface area contributed by atoms with Crippen LogP contribution in [0.2, 0.25) is 0 Å². The minimum absolute atomic E-state index is 0.606. The zero-order chi connectivity index (χ0) is 26.8. The lowest BCUT2D eigenvalue weighted by molar-refractivity contribution is 0.648. The monoisotopic (exact) mass is 533 g/mol. The van der Waals surface area contributed by atoms with Crippen LogP contribution in [-0.2, 0) is 6.42 Å². The first kappa shape index (κ1) is 23.4. The molecular weight excluding hydrogens is 506 g/mol. The summed E-state index contributed by atoms with van der Waals surface area (Å²) in [5.41, 5.74) is 6.94. The maximum absolute atomic E-state index is 4.73. The van der Waals surface area contributed by atoms with Crippen LogP contribution in [0.3, 0.4) is 0 Å². The first-order valence-corrected chi connectivity index (χ1v) is 14.7. The van der Waals surface area contributed by atoms with E-state index in [2.05, 4.69) is 127 Å². The Morgan fingerprint density at radius 3 is 2.20 bits per heavy atom. The average molecular weight is 534 g/mol. The number of hydrogen-bond acceptors (Lipinski definition) is 3. The fraction of sp³-hybridized carbons (Fsp3) is 0.111. The van der Waals surface area contributed by atoms with Crippen LogP contribution in [0.5, 0.6) is 0 Å². The lowest BCUT2D eigenvalue weighted by atomic mass is 9.98. The maximum atomic E-state index is 4.73. The first-order chi connectivity index (χ1) is 19.7. The van der Waals surface area contributed by atoms with Crippen molar-refractivity contribution in [1.82, 2.24) is 14.6 Å². The Morgan fingerprint density at radius 1 is 0.650 bits per heavy atom. The number of nitrogens with zero attached hydrogens (tertiary/aromatic N) is 3. The molecule has 40 heavy (non-hydrogen) atoms. The molecule has 0 fully saturated rings. The van der Waals surface area contributed by atoms with Crippen LogP contribution in [-0.4, -0.2) is 14.6 Å². The van der Waals surface area contributed by atoms with E-state index in [4.69, 9.17) is 10.2 Å². The van der Waals surface area contributed by atoms with Crippen molar-refractivity contribution in [2.45, 2.75) is 20.3 Å². The van der Waals surface area contributed by atoms with Crippen molar-refractivity contribution >= 4 is 58.8 Å². The standard InChI is InChI=1S/C36H27N3S/c1-22(2)20-23-14-19-32-31(21-23)27-8-3-4-10-30(27)36-38-37-35(39(32)36)25-17-15-24(16-18-25)26-11-7-12-29-28-9-5-6-13-33(28)40-34(26)29/h3-19,21-22H,20H2,1-2H3. The smallest absolute Gasteiger partial charge is 0.169 e. The number of aromatic nitrogens is 3. The molecule has 3 aromatic heterocycles. The maximum Gasteiger partial charge on any atom is 0.169 e. The SMILES string of the molecule is CC(C)Cc1ccc2c(c1)c1ccccc1c1nnc(-c3ccc(-c4cccc5c4sc4ccccc45)cc3)n21. The van der Waals surface area contributed by atoms with Crippen LogP contribution in [0.4, 0.5) is 0 Å². The van der Waals surface area contributed by atoms with E-state index in [1.165, 1.54) is 47.6 Å².